The molecule has 0 radical (unpaired) electrons. The number of rotatable bonds is 9. The van der Waals surface area contributed by atoms with E-state index >= 15 is 0 Å². The second-order valence-corrected chi connectivity index (χ2v) is 17.1. The van der Waals surface area contributed by atoms with Crippen molar-refractivity contribution in [3.05, 3.63) is 29.8 Å². The Morgan fingerprint density at radius 1 is 0.976 bits per heavy atom. The SMILES string of the molecule is CC[C@H]1[C@@H](O)[C@@H]2[C@H](CC[C@]3(C)[C@@H]([C@H](C)CCCC(=O)CS(=O)(=O)c4ccc(C)cc4)CC[C@@H]23)[C@@]2(C)CC[C@@H](O)C[C@@H]12. The van der Waals surface area contributed by atoms with Crippen molar-refractivity contribution in [2.75, 3.05) is 5.75 Å². The molecule has 230 valence electrons. The molecule has 0 unspecified atom stereocenters. The highest BCUT2D eigenvalue weighted by Gasteiger charge is 2.64. The van der Waals surface area contributed by atoms with E-state index in [1.807, 2.05) is 6.92 Å². The Hall–Kier alpha value is -1.24. The van der Waals surface area contributed by atoms with E-state index in [4.69, 9.17) is 0 Å². The summed E-state index contributed by atoms with van der Waals surface area (Å²) in [7, 11) is -3.60. The third-order valence-electron chi connectivity index (χ3n) is 13.0. The number of benzene rings is 1. The number of carbonyl (C=O) groups excluding carboxylic acids is 1. The van der Waals surface area contributed by atoms with Crippen molar-refractivity contribution in [1.82, 2.24) is 0 Å². The van der Waals surface area contributed by atoms with Gasteiger partial charge in [-0.1, -0.05) is 58.2 Å². The Balaban J connectivity index is 1.22. The summed E-state index contributed by atoms with van der Waals surface area (Å²) in [6, 6.07) is 6.73. The lowest BCUT2D eigenvalue weighted by atomic mass is 9.41. The van der Waals surface area contributed by atoms with Gasteiger partial charge >= 0.3 is 0 Å². The monoisotopic (exact) mass is 586 g/mol. The smallest absolute Gasteiger partial charge is 0.185 e. The highest BCUT2D eigenvalue weighted by molar-refractivity contribution is 7.92. The van der Waals surface area contributed by atoms with Crippen LogP contribution in [0.3, 0.4) is 0 Å². The molecule has 0 bridgehead atoms. The van der Waals surface area contributed by atoms with E-state index in [2.05, 4.69) is 27.7 Å². The van der Waals surface area contributed by atoms with Crippen LogP contribution in [-0.4, -0.2) is 42.4 Å². The van der Waals surface area contributed by atoms with Crippen LogP contribution < -0.4 is 0 Å². The number of sulfone groups is 1. The molecule has 0 heterocycles. The van der Waals surface area contributed by atoms with Crippen molar-refractivity contribution in [2.24, 2.45) is 52.3 Å². The predicted molar refractivity (Wildman–Crippen MR) is 163 cm³/mol. The summed E-state index contributed by atoms with van der Waals surface area (Å²) in [6.07, 6.45) is 10.0. The fourth-order valence-corrected chi connectivity index (χ4v) is 12.2. The molecule has 4 saturated carbocycles. The van der Waals surface area contributed by atoms with Gasteiger partial charge in [-0.3, -0.25) is 4.79 Å². The van der Waals surface area contributed by atoms with Crippen LogP contribution in [0.5, 0.6) is 0 Å². The normalized spacial score (nSPS) is 41.2. The molecular weight excluding hydrogens is 532 g/mol. The van der Waals surface area contributed by atoms with Crippen LogP contribution in [0.2, 0.25) is 0 Å². The Bertz CT molecular complexity index is 1190. The Morgan fingerprint density at radius 2 is 1.63 bits per heavy atom. The number of carbonyl (C=O) groups is 1. The maximum Gasteiger partial charge on any atom is 0.185 e. The van der Waals surface area contributed by atoms with E-state index in [-0.39, 0.29) is 39.6 Å². The predicted octanol–water partition coefficient (Wildman–Crippen LogP) is 6.77. The molecule has 0 spiro atoms. The second kappa shape index (κ2) is 11.7. The lowest BCUT2D eigenvalue weighted by Gasteiger charge is -2.64. The number of aryl methyl sites for hydroxylation is 1. The van der Waals surface area contributed by atoms with Crippen molar-refractivity contribution in [3.8, 4) is 0 Å². The molecule has 1 aromatic rings. The van der Waals surface area contributed by atoms with Gasteiger partial charge in [0.25, 0.3) is 0 Å². The van der Waals surface area contributed by atoms with Crippen LogP contribution in [0.25, 0.3) is 0 Å². The first kappa shape index (κ1) is 31.2. The average Bonchev–Trinajstić information content (AvgIpc) is 3.27. The summed E-state index contributed by atoms with van der Waals surface area (Å²) in [5, 5.41) is 22.4. The van der Waals surface area contributed by atoms with Crippen LogP contribution in [0.15, 0.2) is 29.2 Å². The first-order chi connectivity index (χ1) is 19.3. The summed E-state index contributed by atoms with van der Waals surface area (Å²) in [5.74, 6) is 2.55. The number of hydrogen-bond acceptors (Lipinski definition) is 5. The number of aliphatic hydroxyl groups excluding tert-OH is 2. The van der Waals surface area contributed by atoms with Gasteiger partial charge in [-0.25, -0.2) is 8.42 Å². The van der Waals surface area contributed by atoms with Gasteiger partial charge in [0.15, 0.2) is 9.84 Å². The quantitative estimate of drug-likeness (QED) is 0.333. The number of Topliss-reactive ketones (excluding diaryl/α,β-unsaturated/α-hetero) is 1. The Kier molecular flexibility index (Phi) is 8.89. The van der Waals surface area contributed by atoms with Crippen molar-refractivity contribution in [1.29, 1.82) is 0 Å². The fraction of sp³-hybridized carbons (Fsp3) is 0.800. The third kappa shape index (κ3) is 5.59. The molecule has 1 aromatic carbocycles. The lowest BCUT2D eigenvalue weighted by molar-refractivity contribution is -0.203. The topological polar surface area (TPSA) is 91.7 Å². The second-order valence-electron chi connectivity index (χ2n) is 15.1. The van der Waals surface area contributed by atoms with E-state index in [0.717, 1.165) is 44.1 Å². The van der Waals surface area contributed by atoms with E-state index in [1.54, 1.807) is 24.3 Å². The molecular formula is C35H54O5S. The largest absolute Gasteiger partial charge is 0.393 e. The molecule has 11 atom stereocenters. The molecule has 4 fully saturated rings. The van der Waals surface area contributed by atoms with Crippen LogP contribution in [-0.2, 0) is 14.6 Å². The van der Waals surface area contributed by atoms with Gasteiger partial charge in [-0.2, -0.15) is 0 Å². The van der Waals surface area contributed by atoms with Gasteiger partial charge in [0.05, 0.1) is 17.1 Å². The number of hydrogen-bond donors (Lipinski definition) is 2. The minimum Gasteiger partial charge on any atom is -0.393 e. The zero-order valence-corrected chi connectivity index (χ0v) is 26.8. The molecule has 0 aliphatic heterocycles. The number of ketones is 1. The van der Waals surface area contributed by atoms with Crippen LogP contribution in [0, 0.1) is 59.2 Å². The standard InChI is InChI=1S/C35H54O5S/c1-6-27-31-20-24(36)16-18-35(31,5)30-17-19-34(4)28(14-15-29(34)32(30)33(27)38)23(3)8-7-9-25(37)21-41(39,40)26-12-10-22(2)11-13-26/h10-13,23-24,27-33,36,38H,6-9,14-21H2,1-5H3/t23-,24-,27-,28-,29+,30+,31+,32+,33-,34-,35-/m1/s1. The Labute approximate surface area is 248 Å². The van der Waals surface area contributed by atoms with E-state index in [9.17, 15) is 23.4 Å². The molecule has 5 rings (SSSR count). The number of fused-ring (bicyclic) bond motifs is 5. The third-order valence-corrected chi connectivity index (χ3v) is 14.7. The zero-order valence-electron chi connectivity index (χ0n) is 26.0. The molecule has 2 N–H and O–H groups in total. The molecule has 41 heavy (non-hydrogen) atoms. The van der Waals surface area contributed by atoms with Crippen LogP contribution in [0.4, 0.5) is 0 Å². The summed E-state index contributed by atoms with van der Waals surface area (Å²) in [6.45, 7) is 11.5. The minimum absolute atomic E-state index is 0.190. The first-order valence-electron chi connectivity index (χ1n) is 16.5. The minimum atomic E-state index is -3.60. The van der Waals surface area contributed by atoms with Crippen LogP contribution in [0.1, 0.15) is 104 Å². The molecule has 6 heteroatoms. The van der Waals surface area contributed by atoms with Gasteiger partial charge in [-0.05, 0) is 123 Å². The highest BCUT2D eigenvalue weighted by atomic mass is 32.2. The maximum atomic E-state index is 12.7. The van der Waals surface area contributed by atoms with E-state index in [1.165, 1.54) is 25.7 Å². The molecule has 0 aromatic heterocycles. The van der Waals surface area contributed by atoms with Crippen molar-refractivity contribution < 1.29 is 23.4 Å². The summed E-state index contributed by atoms with van der Waals surface area (Å²) in [4.78, 5) is 12.9. The van der Waals surface area contributed by atoms with Crippen molar-refractivity contribution >= 4 is 15.6 Å². The molecule has 0 amide bonds. The zero-order chi connectivity index (χ0) is 29.7. The number of aliphatic hydroxyl groups is 2. The summed E-state index contributed by atoms with van der Waals surface area (Å²) >= 11 is 0. The molecule has 0 saturated heterocycles. The van der Waals surface area contributed by atoms with Crippen molar-refractivity contribution in [2.45, 2.75) is 122 Å². The fourth-order valence-electron chi connectivity index (χ4n) is 10.9. The molecule has 4 aliphatic rings. The van der Waals surface area contributed by atoms with Gasteiger partial charge < -0.3 is 10.2 Å². The van der Waals surface area contributed by atoms with Crippen LogP contribution >= 0.6 is 0 Å². The van der Waals surface area contributed by atoms with E-state index in [0.29, 0.717) is 41.9 Å². The maximum absolute atomic E-state index is 12.7. The summed E-state index contributed by atoms with van der Waals surface area (Å²) < 4.78 is 25.4. The molecule has 5 nitrogen and oxygen atoms in total. The van der Waals surface area contributed by atoms with Gasteiger partial charge in [0.2, 0.25) is 0 Å². The van der Waals surface area contributed by atoms with Gasteiger partial charge in [-0.15, -0.1) is 0 Å². The van der Waals surface area contributed by atoms with Crippen molar-refractivity contribution in [3.63, 3.8) is 0 Å². The first-order valence-corrected chi connectivity index (χ1v) is 18.1. The molecule has 4 aliphatic carbocycles. The highest BCUT2D eigenvalue weighted by Crippen LogP contribution is 2.69. The van der Waals surface area contributed by atoms with Gasteiger partial charge in [0.1, 0.15) is 11.5 Å². The average molecular weight is 587 g/mol. The van der Waals surface area contributed by atoms with E-state index < -0.39 is 15.6 Å². The Morgan fingerprint density at radius 3 is 2.32 bits per heavy atom. The lowest BCUT2D eigenvalue weighted by Crippen LogP contribution is -2.62. The van der Waals surface area contributed by atoms with Gasteiger partial charge in [0, 0.05) is 6.42 Å². The summed E-state index contributed by atoms with van der Waals surface area (Å²) in [5.41, 5.74) is 1.42.